The zero-order valence-corrected chi connectivity index (χ0v) is 9.54. The van der Waals surface area contributed by atoms with Crippen LogP contribution in [0.5, 0.6) is 0 Å². The van der Waals surface area contributed by atoms with Crippen LogP contribution < -0.4 is 0 Å². The molecule has 0 unspecified atom stereocenters. The zero-order chi connectivity index (χ0) is 7.54. The van der Waals surface area contributed by atoms with Gasteiger partial charge in [0.05, 0.1) is 0 Å². The molecule has 0 aliphatic rings. The third kappa shape index (κ3) is 29.2. The molecule has 0 radical (unpaired) electrons. The minimum absolute atomic E-state index is 1.36. The molecular weight excluding hydrogens is 123 g/mol. The van der Waals surface area contributed by atoms with Gasteiger partial charge in [0.1, 0.15) is 0 Å². The largest absolute Gasteiger partial charge is 0.211 e. The lowest BCUT2D eigenvalue weighted by Gasteiger charge is -1.86. The Balaban J connectivity index is 0. The molecule has 0 aromatic carbocycles. The molecule has 0 amide bonds. The maximum absolute atomic E-state index is 2.23. The summed E-state index contributed by atoms with van der Waals surface area (Å²) in [5, 5.41) is 1.39. The second-order valence-corrected chi connectivity index (χ2v) is 3.83. The van der Waals surface area contributed by atoms with E-state index < -0.39 is 0 Å². The van der Waals surface area contributed by atoms with E-state index in [0.29, 0.717) is 0 Å². The monoisotopic (exact) mass is 144 g/mol. The molecule has 0 fully saturated rings. The molecule has 0 aromatic rings. The second kappa shape index (κ2) is 15.8. The van der Waals surface area contributed by atoms with E-state index in [1.165, 1.54) is 47.3 Å². The van der Waals surface area contributed by atoms with Crippen molar-refractivity contribution in [2.24, 2.45) is 0 Å². The molecule has 0 heterocycles. The molecular formula is C8H21Al. The predicted octanol–water partition coefficient (Wildman–Crippen LogP) is 2.64. The van der Waals surface area contributed by atoms with Crippen molar-refractivity contribution >= 4 is 16.3 Å². The molecule has 0 bridgehead atoms. The molecule has 0 aromatic heterocycles. The van der Waals surface area contributed by atoms with E-state index in [2.05, 4.69) is 20.8 Å². The Morgan fingerprint density at radius 2 is 1.11 bits per heavy atom. The van der Waals surface area contributed by atoms with Crippen LogP contribution in [0, 0.1) is 0 Å². The third-order valence-electron chi connectivity index (χ3n) is 0.957. The minimum Gasteiger partial charge on any atom is -0.104 e. The van der Waals surface area contributed by atoms with E-state index in [1.807, 2.05) is 0 Å². The van der Waals surface area contributed by atoms with Crippen LogP contribution in [0.25, 0.3) is 0 Å². The van der Waals surface area contributed by atoms with Crippen LogP contribution in [-0.4, -0.2) is 16.3 Å². The van der Waals surface area contributed by atoms with Crippen molar-refractivity contribution in [3.05, 3.63) is 0 Å². The summed E-state index contributed by atoms with van der Waals surface area (Å²) in [6.07, 6.45) is 5.54. The highest BCUT2D eigenvalue weighted by molar-refractivity contribution is 6.08. The van der Waals surface area contributed by atoms with Crippen LogP contribution in [-0.2, 0) is 0 Å². The lowest BCUT2D eigenvalue weighted by Crippen LogP contribution is -1.66. The highest BCUT2D eigenvalue weighted by Gasteiger charge is 1.75. The van der Waals surface area contributed by atoms with Crippen molar-refractivity contribution in [1.82, 2.24) is 0 Å². The molecule has 0 atom stereocenters. The van der Waals surface area contributed by atoms with Gasteiger partial charge in [-0.25, -0.2) is 0 Å². The summed E-state index contributed by atoms with van der Waals surface area (Å²) in [6, 6.07) is 0. The van der Waals surface area contributed by atoms with Crippen molar-refractivity contribution in [2.45, 2.75) is 51.7 Å². The van der Waals surface area contributed by atoms with Gasteiger partial charge in [-0.15, -0.1) is 5.28 Å². The van der Waals surface area contributed by atoms with Crippen LogP contribution in [0.15, 0.2) is 0 Å². The van der Waals surface area contributed by atoms with Gasteiger partial charge in [0.2, 0.25) is 16.3 Å². The van der Waals surface area contributed by atoms with Gasteiger partial charge in [-0.05, 0) is 0 Å². The fourth-order valence-corrected chi connectivity index (χ4v) is 0.500. The van der Waals surface area contributed by atoms with Crippen LogP contribution in [0.3, 0.4) is 0 Å². The Kier molecular flexibility index (Phi) is 21.5. The van der Waals surface area contributed by atoms with Crippen LogP contribution >= 0.6 is 0 Å². The van der Waals surface area contributed by atoms with Gasteiger partial charge in [0, 0.05) is 0 Å². The van der Waals surface area contributed by atoms with Crippen molar-refractivity contribution in [3.8, 4) is 0 Å². The fourth-order valence-electron chi connectivity index (χ4n) is 0.500. The Bertz CT molecular complexity index is 23.7. The smallest absolute Gasteiger partial charge is 0.104 e. The first-order valence-corrected chi connectivity index (χ1v) is 5.74. The zero-order valence-electron chi connectivity index (χ0n) is 7.54. The van der Waals surface area contributed by atoms with E-state index in [-0.39, 0.29) is 0 Å². The first kappa shape index (κ1) is 12.2. The summed E-state index contributed by atoms with van der Waals surface area (Å²) >= 11 is 1.37. The van der Waals surface area contributed by atoms with Gasteiger partial charge in [-0.2, -0.15) is 0 Å². The average Bonchev–Trinajstić information content (AvgIpc) is 1.86. The van der Waals surface area contributed by atoms with Crippen LogP contribution in [0.4, 0.5) is 0 Å². The highest BCUT2D eigenvalue weighted by Crippen LogP contribution is 1.95. The van der Waals surface area contributed by atoms with E-state index in [4.69, 9.17) is 0 Å². The first-order valence-electron chi connectivity index (χ1n) is 4.33. The summed E-state index contributed by atoms with van der Waals surface area (Å²) in [4.78, 5) is 0. The molecule has 0 saturated carbocycles. The van der Waals surface area contributed by atoms with Gasteiger partial charge in [-0.3, -0.25) is 0 Å². The molecule has 56 valence electrons. The maximum Gasteiger partial charge on any atom is 0.211 e. The molecule has 9 heavy (non-hydrogen) atoms. The van der Waals surface area contributed by atoms with E-state index in [9.17, 15) is 0 Å². The first-order chi connectivity index (χ1) is 4.33. The van der Waals surface area contributed by atoms with Crippen molar-refractivity contribution in [3.63, 3.8) is 0 Å². The van der Waals surface area contributed by atoms with Crippen molar-refractivity contribution in [1.29, 1.82) is 0 Å². The molecule has 0 saturated heterocycles. The minimum atomic E-state index is 1.36. The summed E-state index contributed by atoms with van der Waals surface area (Å²) in [5.74, 6) is 0. The van der Waals surface area contributed by atoms with Gasteiger partial charge in [0.25, 0.3) is 0 Å². The number of unbranched alkanes of at least 4 members (excludes halogenated alkanes) is 3. The Hall–Kier alpha value is 0.532. The average molecular weight is 144 g/mol. The molecule has 0 rings (SSSR count). The molecule has 0 aliphatic carbocycles. The highest BCUT2D eigenvalue weighted by atomic mass is 27.0. The molecule has 0 N–H and O–H groups in total. The van der Waals surface area contributed by atoms with Gasteiger partial charge >= 0.3 is 0 Å². The molecule has 0 aliphatic heterocycles. The molecule has 0 spiro atoms. The topological polar surface area (TPSA) is 0 Å². The number of rotatable bonds is 3. The third-order valence-corrected chi connectivity index (χ3v) is 0.957. The molecule has 0 nitrogen and oxygen atoms in total. The number of hydrogen-bond donors (Lipinski definition) is 0. The van der Waals surface area contributed by atoms with Crippen LogP contribution in [0.2, 0.25) is 5.28 Å². The van der Waals surface area contributed by atoms with Crippen molar-refractivity contribution in [2.75, 3.05) is 0 Å². The van der Waals surface area contributed by atoms with E-state index >= 15 is 0 Å². The van der Waals surface area contributed by atoms with E-state index in [1.54, 1.807) is 0 Å². The summed E-state index contributed by atoms with van der Waals surface area (Å²) in [5.41, 5.74) is 0. The van der Waals surface area contributed by atoms with E-state index in [0.717, 1.165) is 0 Å². The van der Waals surface area contributed by atoms with Gasteiger partial charge < -0.3 is 0 Å². The Labute approximate surface area is 68.5 Å². The second-order valence-electron chi connectivity index (χ2n) is 2.41. The predicted molar refractivity (Wildman–Crippen MR) is 48.8 cm³/mol. The summed E-state index contributed by atoms with van der Waals surface area (Å²) < 4.78 is 0. The fraction of sp³-hybridized carbons (Fsp3) is 1.00. The normalized spacial score (nSPS) is 7.89. The Morgan fingerprint density at radius 3 is 1.22 bits per heavy atom. The van der Waals surface area contributed by atoms with Gasteiger partial charge in [0.15, 0.2) is 0 Å². The summed E-state index contributed by atoms with van der Waals surface area (Å²) in [6.45, 7) is 6.65. The quantitative estimate of drug-likeness (QED) is 0.422. The lowest BCUT2D eigenvalue weighted by atomic mass is 10.2. The number of hydrogen-bond acceptors (Lipinski definition) is 0. The van der Waals surface area contributed by atoms with Gasteiger partial charge in [-0.1, -0.05) is 46.5 Å². The maximum atomic E-state index is 2.23. The Morgan fingerprint density at radius 1 is 0.889 bits per heavy atom. The lowest BCUT2D eigenvalue weighted by molar-refractivity contribution is 0.702. The molecule has 1 heteroatoms. The SMILES string of the molecule is CCCCCC.C[CH2][AlH2]. The standard InChI is InChI=1S/C6H14.C2H5.Al.2H/c1-3-5-6-4-2;1-2;;;/h3-6H2,1-2H3;1H2,2H3;;;. The van der Waals surface area contributed by atoms with Crippen LogP contribution in [0.1, 0.15) is 46.5 Å². The van der Waals surface area contributed by atoms with Crippen molar-refractivity contribution < 1.29 is 0 Å². The summed E-state index contributed by atoms with van der Waals surface area (Å²) in [7, 11) is 0.